The Hall–Kier alpha value is -2.74. The van der Waals surface area contributed by atoms with Crippen LogP contribution in [-0.4, -0.2) is 44.2 Å². The third kappa shape index (κ3) is 4.70. The highest BCUT2D eigenvalue weighted by atomic mass is 32.1. The molecule has 1 saturated heterocycles. The smallest absolute Gasteiger partial charge is 0.256 e. The van der Waals surface area contributed by atoms with Crippen molar-refractivity contribution in [3.8, 4) is 5.75 Å². The fourth-order valence-corrected chi connectivity index (χ4v) is 5.11. The summed E-state index contributed by atoms with van der Waals surface area (Å²) in [6.07, 6.45) is 0. The minimum Gasteiger partial charge on any atom is -0.497 e. The third-order valence-corrected chi connectivity index (χ3v) is 7.02. The number of rotatable bonds is 6. The summed E-state index contributed by atoms with van der Waals surface area (Å²) in [4.78, 5) is 16.5. The van der Waals surface area contributed by atoms with E-state index in [9.17, 15) is 9.18 Å². The van der Waals surface area contributed by atoms with Crippen molar-refractivity contribution in [3.63, 3.8) is 0 Å². The number of nitrogens with one attached hydrogen (secondary N) is 1. The second-order valence-corrected chi connectivity index (χ2v) is 9.04. The fraction of sp³-hybridized carbons (Fsp3) is 0.320. The summed E-state index contributed by atoms with van der Waals surface area (Å²) < 4.78 is 24.4. The van der Waals surface area contributed by atoms with Crippen LogP contribution in [0, 0.1) is 19.7 Å². The van der Waals surface area contributed by atoms with Gasteiger partial charge in [-0.1, -0.05) is 12.1 Å². The molecule has 7 heteroatoms. The minimum atomic E-state index is -0.263. The van der Waals surface area contributed by atoms with E-state index in [0.717, 1.165) is 39.7 Å². The van der Waals surface area contributed by atoms with Crippen molar-refractivity contribution in [1.82, 2.24) is 4.90 Å². The van der Waals surface area contributed by atoms with Crippen molar-refractivity contribution in [2.45, 2.75) is 19.9 Å². The van der Waals surface area contributed by atoms with E-state index in [2.05, 4.69) is 24.1 Å². The summed E-state index contributed by atoms with van der Waals surface area (Å²) in [6.45, 7) is 6.97. The van der Waals surface area contributed by atoms with Crippen LogP contribution in [0.4, 0.5) is 9.39 Å². The summed E-state index contributed by atoms with van der Waals surface area (Å²) in [5.74, 6) is 0.268. The molecule has 0 spiro atoms. The van der Waals surface area contributed by atoms with Crippen molar-refractivity contribution in [2.75, 3.05) is 38.7 Å². The molecule has 3 aromatic rings. The number of carbonyl (C=O) groups is 1. The van der Waals surface area contributed by atoms with Crippen LogP contribution in [0.5, 0.6) is 5.75 Å². The molecule has 0 saturated carbocycles. The van der Waals surface area contributed by atoms with Crippen molar-refractivity contribution in [3.05, 3.63) is 81.5 Å². The van der Waals surface area contributed by atoms with Crippen LogP contribution >= 0.6 is 11.3 Å². The van der Waals surface area contributed by atoms with Gasteiger partial charge in [-0.3, -0.25) is 9.69 Å². The molecule has 1 fully saturated rings. The normalized spacial score (nSPS) is 15.4. The van der Waals surface area contributed by atoms with E-state index in [1.165, 1.54) is 12.1 Å². The molecular weight excluding hydrogens is 427 g/mol. The first-order valence-electron chi connectivity index (χ1n) is 10.6. The number of nitrogens with zero attached hydrogens (tertiary/aromatic N) is 1. The number of anilines is 1. The Morgan fingerprint density at radius 2 is 1.75 bits per heavy atom. The van der Waals surface area contributed by atoms with Crippen molar-refractivity contribution < 1.29 is 18.7 Å². The quantitative estimate of drug-likeness (QED) is 0.557. The predicted molar refractivity (Wildman–Crippen MR) is 125 cm³/mol. The van der Waals surface area contributed by atoms with E-state index in [0.29, 0.717) is 24.5 Å². The number of methoxy groups -OCH3 is 1. The lowest BCUT2D eigenvalue weighted by atomic mass is 9.94. The third-order valence-electron chi connectivity index (χ3n) is 5.88. The largest absolute Gasteiger partial charge is 0.497 e. The number of thiophene rings is 1. The molecule has 2 aromatic carbocycles. The van der Waals surface area contributed by atoms with Crippen LogP contribution in [0.15, 0.2) is 48.5 Å². The number of benzene rings is 2. The van der Waals surface area contributed by atoms with E-state index in [1.807, 2.05) is 12.1 Å². The molecule has 5 nitrogen and oxygen atoms in total. The Kier molecular flexibility index (Phi) is 6.89. The molecule has 1 N–H and O–H groups in total. The number of carbonyl (C=O) groups excluding carboxylic acids is 1. The van der Waals surface area contributed by atoms with E-state index in [-0.39, 0.29) is 17.8 Å². The first kappa shape index (κ1) is 22.5. The predicted octanol–water partition coefficient (Wildman–Crippen LogP) is 5.19. The van der Waals surface area contributed by atoms with Crippen LogP contribution in [0.2, 0.25) is 0 Å². The maximum atomic E-state index is 13.7. The highest BCUT2D eigenvalue weighted by Crippen LogP contribution is 2.42. The zero-order valence-corrected chi connectivity index (χ0v) is 19.3. The summed E-state index contributed by atoms with van der Waals surface area (Å²) in [5.41, 5.74) is 3.75. The van der Waals surface area contributed by atoms with Crippen molar-refractivity contribution >= 4 is 22.2 Å². The fourth-order valence-electron chi connectivity index (χ4n) is 4.03. The average molecular weight is 455 g/mol. The zero-order chi connectivity index (χ0) is 22.7. The van der Waals surface area contributed by atoms with Gasteiger partial charge < -0.3 is 14.8 Å². The van der Waals surface area contributed by atoms with Gasteiger partial charge >= 0.3 is 0 Å². The monoisotopic (exact) mass is 454 g/mol. The molecule has 0 bridgehead atoms. The lowest BCUT2D eigenvalue weighted by molar-refractivity contribution is 0.0240. The van der Waals surface area contributed by atoms with Gasteiger partial charge in [0, 0.05) is 29.1 Å². The average Bonchev–Trinajstić information content (AvgIpc) is 3.09. The molecule has 1 amide bonds. The Labute approximate surface area is 191 Å². The summed E-state index contributed by atoms with van der Waals surface area (Å²) >= 11 is 1.57. The highest BCUT2D eigenvalue weighted by Gasteiger charge is 2.30. The molecule has 0 radical (unpaired) electrons. The Balaban J connectivity index is 1.72. The lowest BCUT2D eigenvalue weighted by Gasteiger charge is -2.35. The number of amides is 1. The zero-order valence-electron chi connectivity index (χ0n) is 18.5. The van der Waals surface area contributed by atoms with Crippen LogP contribution in [0.1, 0.15) is 38.0 Å². The van der Waals surface area contributed by atoms with E-state index >= 15 is 0 Å². The first-order chi connectivity index (χ1) is 15.5. The van der Waals surface area contributed by atoms with Gasteiger partial charge in [-0.25, -0.2) is 4.39 Å². The standard InChI is InChI=1S/C25H27FN2O3S/c1-16-17(2)32-25(27-24(29)19-6-10-21(30-3)11-7-19)22(16)23(28-12-14-31-15-13-28)18-4-8-20(26)9-5-18/h4-11,23H,12-15H2,1-3H3,(H,27,29)/t23-/m0/s1. The molecule has 4 rings (SSSR count). The Bertz CT molecular complexity index is 1070. The van der Waals surface area contributed by atoms with Gasteiger partial charge in [-0.2, -0.15) is 0 Å². The summed E-state index contributed by atoms with van der Waals surface area (Å²) in [7, 11) is 1.60. The van der Waals surface area contributed by atoms with E-state index in [4.69, 9.17) is 9.47 Å². The number of morpholine rings is 1. The lowest BCUT2D eigenvalue weighted by Crippen LogP contribution is -2.40. The highest BCUT2D eigenvalue weighted by molar-refractivity contribution is 7.16. The van der Waals surface area contributed by atoms with Gasteiger partial charge in [0.25, 0.3) is 5.91 Å². The van der Waals surface area contributed by atoms with Gasteiger partial charge in [-0.05, 0) is 61.4 Å². The SMILES string of the molecule is COc1ccc(C(=O)Nc2sc(C)c(C)c2[C@H](c2ccc(F)cc2)N2CCOCC2)cc1. The minimum absolute atomic E-state index is 0.101. The number of hydrogen-bond donors (Lipinski definition) is 1. The van der Waals surface area contributed by atoms with Gasteiger partial charge in [0.1, 0.15) is 16.6 Å². The molecular formula is C25H27FN2O3S. The van der Waals surface area contributed by atoms with E-state index in [1.54, 1.807) is 42.7 Å². The number of halogens is 1. The molecule has 2 heterocycles. The molecule has 32 heavy (non-hydrogen) atoms. The molecule has 1 aromatic heterocycles. The van der Waals surface area contributed by atoms with Gasteiger partial charge in [0.15, 0.2) is 0 Å². The second-order valence-electron chi connectivity index (χ2n) is 7.81. The molecule has 0 aliphatic carbocycles. The van der Waals surface area contributed by atoms with Crippen LogP contribution in [-0.2, 0) is 4.74 Å². The van der Waals surface area contributed by atoms with Gasteiger partial charge in [0.2, 0.25) is 0 Å². The Morgan fingerprint density at radius 1 is 1.09 bits per heavy atom. The first-order valence-corrected chi connectivity index (χ1v) is 11.4. The number of hydrogen-bond acceptors (Lipinski definition) is 5. The Morgan fingerprint density at radius 3 is 2.38 bits per heavy atom. The number of ether oxygens (including phenoxy) is 2. The molecule has 0 unspecified atom stereocenters. The maximum absolute atomic E-state index is 13.7. The van der Waals surface area contributed by atoms with Crippen LogP contribution in [0.25, 0.3) is 0 Å². The van der Waals surface area contributed by atoms with Crippen molar-refractivity contribution in [2.24, 2.45) is 0 Å². The van der Waals surface area contributed by atoms with Crippen LogP contribution in [0.3, 0.4) is 0 Å². The second kappa shape index (κ2) is 9.81. The molecule has 1 aliphatic rings. The number of aryl methyl sites for hydroxylation is 1. The van der Waals surface area contributed by atoms with Crippen molar-refractivity contribution in [1.29, 1.82) is 0 Å². The molecule has 1 aliphatic heterocycles. The van der Waals surface area contributed by atoms with Crippen LogP contribution < -0.4 is 10.1 Å². The van der Waals surface area contributed by atoms with Gasteiger partial charge in [-0.15, -0.1) is 11.3 Å². The molecule has 168 valence electrons. The van der Waals surface area contributed by atoms with E-state index < -0.39 is 0 Å². The topological polar surface area (TPSA) is 50.8 Å². The maximum Gasteiger partial charge on any atom is 0.256 e. The summed E-state index contributed by atoms with van der Waals surface area (Å²) in [6, 6.07) is 13.6. The summed E-state index contributed by atoms with van der Waals surface area (Å²) in [5, 5.41) is 3.95. The van der Waals surface area contributed by atoms with Gasteiger partial charge in [0.05, 0.1) is 26.4 Å². The molecule has 1 atom stereocenters.